The third-order valence-electron chi connectivity index (χ3n) is 0.607. The molecule has 0 aromatic heterocycles. The minimum atomic E-state index is -0.125. The van der Waals surface area contributed by atoms with Crippen molar-refractivity contribution in [2.75, 3.05) is 0 Å². The van der Waals surface area contributed by atoms with Crippen molar-refractivity contribution in [3.05, 3.63) is 36.4 Å². The van der Waals surface area contributed by atoms with E-state index in [1.54, 1.807) is 0 Å². The van der Waals surface area contributed by atoms with Crippen molar-refractivity contribution >= 4 is 12.4 Å². The van der Waals surface area contributed by atoms with Gasteiger partial charge in [-0.15, -0.1) is 12.4 Å². The Labute approximate surface area is 71.1 Å². The summed E-state index contributed by atoms with van der Waals surface area (Å²) in [6, 6.07) is 12.5. The largest absolute Gasteiger partial charge is 0.184 e. The Morgan fingerprint density at radius 3 is 1.56 bits per heavy atom. The van der Waals surface area contributed by atoms with Gasteiger partial charge in [0.25, 0.3) is 0 Å². The molecule has 0 bridgehead atoms. The van der Waals surface area contributed by atoms with Crippen LogP contribution in [0.1, 0.15) is 0 Å². The second kappa shape index (κ2) is 10.9. The van der Waals surface area contributed by atoms with Gasteiger partial charge in [0, 0.05) is 0 Å². The number of benzene rings is 1. The van der Waals surface area contributed by atoms with E-state index < -0.39 is 0 Å². The van der Waals surface area contributed by atoms with Crippen molar-refractivity contribution in [1.29, 1.82) is 0 Å². The number of rotatable bonds is 0. The smallest absolute Gasteiger partial charge is 0.171 e. The molecule has 0 unspecified atom stereocenters. The zero-order valence-electron chi connectivity index (χ0n) is 4.88. The third-order valence-corrected chi connectivity index (χ3v) is 0.607. The normalized spacial score (nSPS) is 6.11. The zero-order chi connectivity index (χ0) is 6.24. The minimum Gasteiger partial charge on any atom is -0.184 e. The Bertz CT molecular complexity index is 85.0. The summed E-state index contributed by atoms with van der Waals surface area (Å²) in [4.78, 5) is 0. The molecule has 9 heavy (non-hydrogen) atoms. The number of hydrogen-bond acceptors (Lipinski definition) is 0. The van der Waals surface area contributed by atoms with Crippen LogP contribution >= 0.6 is 12.4 Å². The third kappa shape index (κ3) is 8.06. The van der Waals surface area contributed by atoms with Gasteiger partial charge in [-0.05, 0) is 0 Å². The molecule has 0 aliphatic carbocycles. The molecule has 46 valence electrons. The summed E-state index contributed by atoms with van der Waals surface area (Å²) in [5, 5.41) is 0. The van der Waals surface area contributed by atoms with Gasteiger partial charge >= 0.3 is 22.1 Å². The molecule has 0 aliphatic heterocycles. The molecule has 0 saturated heterocycles. The molecule has 0 fully saturated rings. The SMILES string of the molecule is Cl.[F][Zn+].[c-]1ccccc1. The van der Waals surface area contributed by atoms with Gasteiger partial charge in [0.1, 0.15) is 0 Å². The van der Waals surface area contributed by atoms with Crippen LogP contribution in [-0.2, 0) is 18.8 Å². The summed E-state index contributed by atoms with van der Waals surface area (Å²) >= 11 is -0.125. The predicted octanol–water partition coefficient (Wildman–Crippen LogP) is 2.33. The van der Waals surface area contributed by atoms with Gasteiger partial charge in [-0.3, -0.25) is 0 Å². The van der Waals surface area contributed by atoms with Gasteiger partial charge in [0.2, 0.25) is 0 Å². The first kappa shape index (κ1) is 11.8. The van der Waals surface area contributed by atoms with Crippen LogP contribution in [0.5, 0.6) is 0 Å². The fraction of sp³-hybridized carbons (Fsp3) is 0. The summed E-state index contributed by atoms with van der Waals surface area (Å²) in [6.07, 6.45) is 0. The quantitative estimate of drug-likeness (QED) is 0.443. The molecule has 0 atom stereocenters. The molecule has 1 rings (SSSR count). The first-order valence-electron chi connectivity index (χ1n) is 2.18. The van der Waals surface area contributed by atoms with E-state index in [2.05, 4.69) is 6.07 Å². The first-order valence-corrected chi connectivity index (χ1v) is 3.30. The van der Waals surface area contributed by atoms with E-state index >= 15 is 0 Å². The van der Waals surface area contributed by atoms with Gasteiger partial charge in [0.15, 0.2) is 0 Å². The molecule has 0 heterocycles. The Balaban J connectivity index is 0. The number of halogens is 2. The van der Waals surface area contributed by atoms with Crippen LogP contribution in [0.4, 0.5) is 3.32 Å². The maximum atomic E-state index is 9.62. The molecule has 0 radical (unpaired) electrons. The second-order valence-electron chi connectivity index (χ2n) is 1.08. The molecule has 0 saturated carbocycles. The van der Waals surface area contributed by atoms with E-state index in [9.17, 15) is 3.32 Å². The molecule has 1 aromatic carbocycles. The van der Waals surface area contributed by atoms with Crippen LogP contribution in [0, 0.1) is 6.07 Å². The fourth-order valence-electron chi connectivity index (χ4n) is 0.342. The van der Waals surface area contributed by atoms with Crippen molar-refractivity contribution in [3.63, 3.8) is 0 Å². The van der Waals surface area contributed by atoms with Crippen molar-refractivity contribution in [2.24, 2.45) is 0 Å². The first-order chi connectivity index (χ1) is 4.00. The van der Waals surface area contributed by atoms with Gasteiger partial charge < -0.3 is 0 Å². The monoisotopic (exact) mass is 196 g/mol. The van der Waals surface area contributed by atoms with Crippen LogP contribution < -0.4 is 0 Å². The topological polar surface area (TPSA) is 0 Å². The fourth-order valence-corrected chi connectivity index (χ4v) is 0.342. The van der Waals surface area contributed by atoms with E-state index in [1.165, 1.54) is 0 Å². The molecule has 0 N–H and O–H groups in total. The van der Waals surface area contributed by atoms with Gasteiger partial charge in [-0.2, -0.15) is 36.4 Å². The summed E-state index contributed by atoms with van der Waals surface area (Å²) in [5.74, 6) is 0. The summed E-state index contributed by atoms with van der Waals surface area (Å²) in [5.41, 5.74) is 0. The van der Waals surface area contributed by atoms with Crippen LogP contribution in [-0.4, -0.2) is 0 Å². The summed E-state index contributed by atoms with van der Waals surface area (Å²) in [7, 11) is 0. The maximum Gasteiger partial charge on any atom is -0.171 e. The van der Waals surface area contributed by atoms with E-state index in [1.807, 2.05) is 30.3 Å². The Morgan fingerprint density at radius 1 is 1.00 bits per heavy atom. The zero-order valence-corrected chi connectivity index (χ0v) is 8.66. The molecule has 0 spiro atoms. The van der Waals surface area contributed by atoms with Crippen LogP contribution in [0.3, 0.4) is 0 Å². The molecule has 0 amide bonds. The van der Waals surface area contributed by atoms with Gasteiger partial charge in [0.05, 0.1) is 0 Å². The molecule has 3 heteroatoms. The second-order valence-corrected chi connectivity index (χ2v) is 1.08. The molecule has 0 aliphatic rings. The Kier molecular flexibility index (Phi) is 14.4. The average Bonchev–Trinajstić information content (AvgIpc) is 1.96. The Hall–Kier alpha value is 0.0634. The molecular formula is C6H6ClFZn. The molecular weight excluding hydrogens is 192 g/mol. The van der Waals surface area contributed by atoms with Crippen LogP contribution in [0.2, 0.25) is 0 Å². The Morgan fingerprint density at radius 2 is 1.44 bits per heavy atom. The average molecular weight is 198 g/mol. The van der Waals surface area contributed by atoms with Gasteiger partial charge in [-0.25, -0.2) is 0 Å². The van der Waals surface area contributed by atoms with E-state index in [-0.39, 0.29) is 31.2 Å². The van der Waals surface area contributed by atoms with E-state index in [0.717, 1.165) is 0 Å². The summed E-state index contributed by atoms with van der Waals surface area (Å²) < 4.78 is 9.62. The van der Waals surface area contributed by atoms with Crippen molar-refractivity contribution in [3.8, 4) is 0 Å². The number of hydrogen-bond donors (Lipinski definition) is 0. The van der Waals surface area contributed by atoms with E-state index in [0.29, 0.717) is 0 Å². The molecule has 1 aromatic rings. The van der Waals surface area contributed by atoms with Gasteiger partial charge in [-0.1, -0.05) is 0 Å². The maximum absolute atomic E-state index is 9.62. The van der Waals surface area contributed by atoms with Crippen LogP contribution in [0.15, 0.2) is 30.3 Å². The van der Waals surface area contributed by atoms with Crippen molar-refractivity contribution in [1.82, 2.24) is 0 Å². The minimum absolute atomic E-state index is 0. The predicted molar refractivity (Wildman–Crippen MR) is 33.6 cm³/mol. The van der Waals surface area contributed by atoms with Crippen LogP contribution in [0.25, 0.3) is 0 Å². The standard InChI is InChI=1S/C6H5.ClH.FH.Zn/c1-2-4-6-5-3-1;;;/h1-5H;2*1H;/q-1;;;+2/p-1. The van der Waals surface area contributed by atoms with E-state index in [4.69, 9.17) is 0 Å². The summed E-state index contributed by atoms with van der Waals surface area (Å²) in [6.45, 7) is 0. The van der Waals surface area contributed by atoms with Crippen molar-refractivity contribution < 1.29 is 22.1 Å². The van der Waals surface area contributed by atoms with Crippen molar-refractivity contribution in [2.45, 2.75) is 0 Å². The molecule has 0 nitrogen and oxygen atoms in total.